The van der Waals surface area contributed by atoms with Crippen LogP contribution in [-0.4, -0.2) is 11.8 Å². The Balaban J connectivity index is 1.61. The fourth-order valence-electron chi connectivity index (χ4n) is 2.76. The highest BCUT2D eigenvalue weighted by Crippen LogP contribution is 2.21. The number of anilines is 2. The molecule has 1 aromatic heterocycles. The summed E-state index contributed by atoms with van der Waals surface area (Å²) in [5.41, 5.74) is 3.38. The molecular weight excluding hydrogens is 356 g/mol. The first-order valence-corrected chi connectivity index (χ1v) is 8.88. The summed E-state index contributed by atoms with van der Waals surface area (Å²) in [6, 6.07) is 16.2. The van der Waals surface area contributed by atoms with Crippen LogP contribution in [0.4, 0.5) is 11.4 Å². The molecule has 2 N–H and O–H groups in total. The van der Waals surface area contributed by atoms with Crippen molar-refractivity contribution in [3.63, 3.8) is 0 Å². The van der Waals surface area contributed by atoms with Crippen LogP contribution in [0, 0.1) is 13.8 Å². The van der Waals surface area contributed by atoms with Gasteiger partial charge < -0.3 is 19.8 Å². The van der Waals surface area contributed by atoms with Gasteiger partial charge >= 0.3 is 0 Å². The molecule has 0 atom stereocenters. The molecule has 0 unspecified atom stereocenters. The molecule has 1 heterocycles. The Labute approximate surface area is 163 Å². The van der Waals surface area contributed by atoms with Crippen molar-refractivity contribution in [3.8, 4) is 5.75 Å². The zero-order valence-corrected chi connectivity index (χ0v) is 16.0. The van der Waals surface area contributed by atoms with E-state index < -0.39 is 0 Å². The van der Waals surface area contributed by atoms with Crippen molar-refractivity contribution in [1.82, 2.24) is 0 Å². The van der Waals surface area contributed by atoms with E-state index in [2.05, 4.69) is 10.6 Å². The molecule has 3 aromatic rings. The molecule has 0 saturated heterocycles. The van der Waals surface area contributed by atoms with E-state index in [0.717, 1.165) is 11.3 Å². The predicted octanol–water partition coefficient (Wildman–Crippen LogP) is 4.69. The Morgan fingerprint density at radius 1 is 0.964 bits per heavy atom. The normalized spacial score (nSPS) is 10.4. The first kappa shape index (κ1) is 19.2. The lowest BCUT2D eigenvalue weighted by Crippen LogP contribution is -2.11. The molecule has 144 valence electrons. The molecule has 2 amide bonds. The van der Waals surface area contributed by atoms with E-state index in [1.165, 1.54) is 12.5 Å². The smallest absolute Gasteiger partial charge is 0.291 e. The van der Waals surface area contributed by atoms with Crippen LogP contribution in [0.25, 0.3) is 0 Å². The summed E-state index contributed by atoms with van der Waals surface area (Å²) >= 11 is 0. The molecule has 0 saturated carbocycles. The van der Waals surface area contributed by atoms with Crippen molar-refractivity contribution in [2.45, 2.75) is 27.4 Å². The molecule has 0 aliphatic heterocycles. The number of carbonyl (C=O) groups excluding carboxylic acids is 2. The number of rotatable bonds is 6. The van der Waals surface area contributed by atoms with Gasteiger partial charge in [0.1, 0.15) is 18.1 Å². The molecule has 0 bridgehead atoms. The number of carbonyl (C=O) groups is 2. The Morgan fingerprint density at radius 2 is 1.71 bits per heavy atom. The van der Waals surface area contributed by atoms with Gasteiger partial charge in [0.25, 0.3) is 5.91 Å². The van der Waals surface area contributed by atoms with Gasteiger partial charge in [-0.2, -0.15) is 0 Å². The predicted molar refractivity (Wildman–Crippen MR) is 108 cm³/mol. The molecule has 6 heteroatoms. The van der Waals surface area contributed by atoms with Crippen LogP contribution in [0.1, 0.15) is 34.4 Å². The molecule has 0 radical (unpaired) electrons. The van der Waals surface area contributed by atoms with Crippen LogP contribution in [-0.2, 0) is 11.4 Å². The molecule has 28 heavy (non-hydrogen) atoms. The highest BCUT2D eigenvalue weighted by atomic mass is 16.5. The van der Waals surface area contributed by atoms with Gasteiger partial charge in [0.2, 0.25) is 5.91 Å². The average molecular weight is 378 g/mol. The number of hydrogen-bond acceptors (Lipinski definition) is 4. The summed E-state index contributed by atoms with van der Waals surface area (Å²) < 4.78 is 11.4. The zero-order chi connectivity index (χ0) is 20.1. The van der Waals surface area contributed by atoms with Crippen LogP contribution in [0.15, 0.2) is 59.0 Å². The maximum Gasteiger partial charge on any atom is 0.291 e. The second kappa shape index (κ2) is 8.43. The quantitative estimate of drug-likeness (QED) is 0.652. The molecule has 0 fully saturated rings. The van der Waals surface area contributed by atoms with E-state index in [1.54, 1.807) is 36.4 Å². The summed E-state index contributed by atoms with van der Waals surface area (Å²) in [7, 11) is 0. The van der Waals surface area contributed by atoms with Crippen molar-refractivity contribution in [2.24, 2.45) is 0 Å². The third-order valence-corrected chi connectivity index (χ3v) is 4.03. The summed E-state index contributed by atoms with van der Waals surface area (Å²) in [4.78, 5) is 23.5. The van der Waals surface area contributed by atoms with Gasteiger partial charge in [-0.3, -0.25) is 9.59 Å². The van der Waals surface area contributed by atoms with E-state index >= 15 is 0 Å². The minimum Gasteiger partial charge on any atom is -0.485 e. The minimum absolute atomic E-state index is 0.178. The van der Waals surface area contributed by atoms with Crippen molar-refractivity contribution < 1.29 is 18.7 Å². The molecule has 3 rings (SSSR count). The molecule has 0 aliphatic carbocycles. The van der Waals surface area contributed by atoms with Gasteiger partial charge in [-0.15, -0.1) is 0 Å². The highest BCUT2D eigenvalue weighted by Gasteiger charge is 2.12. The molecule has 6 nitrogen and oxygen atoms in total. The minimum atomic E-state index is -0.377. The topological polar surface area (TPSA) is 80.6 Å². The highest BCUT2D eigenvalue weighted by molar-refractivity contribution is 6.02. The maximum atomic E-state index is 12.4. The summed E-state index contributed by atoms with van der Waals surface area (Å²) in [6.07, 6.45) is 0. The first-order chi connectivity index (χ1) is 13.4. The van der Waals surface area contributed by atoms with Gasteiger partial charge in [0.15, 0.2) is 5.76 Å². The first-order valence-electron chi connectivity index (χ1n) is 8.88. The summed E-state index contributed by atoms with van der Waals surface area (Å²) in [6.45, 7) is 5.67. The number of ether oxygens (including phenoxy) is 1. The largest absolute Gasteiger partial charge is 0.485 e. The summed E-state index contributed by atoms with van der Waals surface area (Å²) in [5.74, 6) is 0.963. The second-order valence-corrected chi connectivity index (χ2v) is 6.54. The zero-order valence-electron chi connectivity index (χ0n) is 16.0. The standard InChI is InChI=1S/C22H22N2O4/c1-14-7-9-20(15(2)11-14)27-13-19-8-10-21(28-19)22(26)24-18-6-4-5-17(12-18)23-16(3)25/h4-12H,13H2,1-3H3,(H,23,25)(H,24,26). The molecule has 0 spiro atoms. The van der Waals surface area contributed by atoms with Crippen molar-refractivity contribution in [3.05, 3.63) is 77.2 Å². The lowest BCUT2D eigenvalue weighted by molar-refractivity contribution is -0.114. The van der Waals surface area contributed by atoms with Gasteiger partial charge in [0, 0.05) is 18.3 Å². The lowest BCUT2D eigenvalue weighted by Gasteiger charge is -2.08. The summed E-state index contributed by atoms with van der Waals surface area (Å²) in [5, 5.41) is 5.42. The van der Waals surface area contributed by atoms with Crippen LogP contribution in [0.5, 0.6) is 5.75 Å². The molecule has 0 aliphatic rings. The monoisotopic (exact) mass is 378 g/mol. The van der Waals surface area contributed by atoms with Gasteiger partial charge in [0.05, 0.1) is 0 Å². The SMILES string of the molecule is CC(=O)Nc1cccc(NC(=O)c2ccc(COc3ccc(C)cc3C)o2)c1. The number of nitrogens with one attached hydrogen (secondary N) is 2. The number of aryl methyl sites for hydroxylation is 2. The fraction of sp³-hybridized carbons (Fsp3) is 0.182. The number of furan rings is 1. The van der Waals surface area contributed by atoms with Crippen molar-refractivity contribution >= 4 is 23.2 Å². The average Bonchev–Trinajstić information content (AvgIpc) is 3.10. The Bertz CT molecular complexity index is 1010. The molecule has 2 aromatic carbocycles. The second-order valence-electron chi connectivity index (χ2n) is 6.54. The van der Waals surface area contributed by atoms with Gasteiger partial charge in [-0.1, -0.05) is 23.8 Å². The van der Waals surface area contributed by atoms with E-state index in [9.17, 15) is 9.59 Å². The van der Waals surface area contributed by atoms with E-state index in [-0.39, 0.29) is 24.2 Å². The van der Waals surface area contributed by atoms with Crippen LogP contribution >= 0.6 is 0 Å². The lowest BCUT2D eigenvalue weighted by atomic mass is 10.1. The Morgan fingerprint density at radius 3 is 2.43 bits per heavy atom. The van der Waals surface area contributed by atoms with Crippen LogP contribution < -0.4 is 15.4 Å². The fourth-order valence-corrected chi connectivity index (χ4v) is 2.76. The number of benzene rings is 2. The third-order valence-electron chi connectivity index (χ3n) is 4.03. The van der Waals surface area contributed by atoms with E-state index in [0.29, 0.717) is 17.1 Å². The van der Waals surface area contributed by atoms with Crippen LogP contribution in [0.3, 0.4) is 0 Å². The van der Waals surface area contributed by atoms with Crippen LogP contribution in [0.2, 0.25) is 0 Å². The van der Waals surface area contributed by atoms with Crippen molar-refractivity contribution in [1.29, 1.82) is 0 Å². The number of hydrogen-bond donors (Lipinski definition) is 2. The Hall–Kier alpha value is -3.54. The van der Waals surface area contributed by atoms with Gasteiger partial charge in [-0.05, 0) is 55.8 Å². The third kappa shape index (κ3) is 5.01. The molecular formula is C22H22N2O4. The Kier molecular flexibility index (Phi) is 5.79. The number of amides is 2. The maximum absolute atomic E-state index is 12.4. The van der Waals surface area contributed by atoms with Crippen molar-refractivity contribution in [2.75, 3.05) is 10.6 Å². The van der Waals surface area contributed by atoms with E-state index in [1.807, 2.05) is 32.0 Å². The van der Waals surface area contributed by atoms with E-state index in [4.69, 9.17) is 9.15 Å². The van der Waals surface area contributed by atoms with Gasteiger partial charge in [-0.25, -0.2) is 0 Å².